The van der Waals surface area contributed by atoms with Crippen LogP contribution in [0, 0.1) is 0 Å². The van der Waals surface area contributed by atoms with Crippen LogP contribution in [0.15, 0.2) is 85.2 Å². The number of nitrogens with two attached hydrogens (primary N) is 2. The minimum absolute atomic E-state index is 0. The van der Waals surface area contributed by atoms with Gasteiger partial charge in [-0.1, -0.05) is 55.6 Å². The van der Waals surface area contributed by atoms with E-state index >= 15 is 0 Å². The quantitative estimate of drug-likeness (QED) is 0.258. The summed E-state index contributed by atoms with van der Waals surface area (Å²) in [6.45, 7) is 2.90. The molecule has 4 aromatic rings. The average Bonchev–Trinajstić information content (AvgIpc) is 3.37. The van der Waals surface area contributed by atoms with Gasteiger partial charge in [0.15, 0.2) is 0 Å². The summed E-state index contributed by atoms with van der Waals surface area (Å²) in [4.78, 5) is 4.74. The number of rotatable bonds is 9. The largest absolute Gasteiger partial charge is 0.494 e. The van der Waals surface area contributed by atoms with Crippen LogP contribution in [-0.4, -0.2) is 16.2 Å². The summed E-state index contributed by atoms with van der Waals surface area (Å²) >= 11 is 6.24. The lowest BCUT2D eigenvalue weighted by Gasteiger charge is -2.37. The number of anilines is 2. The maximum absolute atomic E-state index is 6.24. The predicted molar refractivity (Wildman–Crippen MR) is 143 cm³/mol. The number of nitrogens with zero attached hydrogens (tertiary/aromatic N) is 2. The first-order valence-electron chi connectivity index (χ1n) is 11.2. The molecule has 2 heterocycles. The maximum atomic E-state index is 6.24. The Morgan fingerprint density at radius 1 is 0.882 bits per heavy atom. The highest BCUT2D eigenvalue weighted by Gasteiger charge is 2.39. The number of pyridine rings is 1. The van der Waals surface area contributed by atoms with Crippen molar-refractivity contribution in [2.75, 3.05) is 18.1 Å². The molecular formula is C27H30Cl2N4O. The summed E-state index contributed by atoms with van der Waals surface area (Å²) in [5.74, 6) is 1.14. The van der Waals surface area contributed by atoms with Gasteiger partial charge in [-0.05, 0) is 66.1 Å². The van der Waals surface area contributed by atoms with E-state index in [1.165, 1.54) is 6.42 Å². The molecule has 34 heavy (non-hydrogen) atoms. The summed E-state index contributed by atoms with van der Waals surface area (Å²) in [5.41, 5.74) is 14.6. The van der Waals surface area contributed by atoms with Crippen molar-refractivity contribution >= 4 is 35.5 Å². The van der Waals surface area contributed by atoms with Crippen LogP contribution in [0.4, 0.5) is 11.5 Å². The molecule has 0 aliphatic rings. The van der Waals surface area contributed by atoms with Gasteiger partial charge < -0.3 is 20.8 Å². The Hall–Kier alpha value is -3.15. The van der Waals surface area contributed by atoms with Crippen LogP contribution in [-0.2, 0) is 5.54 Å². The second-order valence-corrected chi connectivity index (χ2v) is 8.49. The van der Waals surface area contributed by atoms with Crippen molar-refractivity contribution in [3.63, 3.8) is 0 Å². The second kappa shape index (κ2) is 11.3. The van der Waals surface area contributed by atoms with E-state index in [1.807, 2.05) is 67.0 Å². The van der Waals surface area contributed by atoms with Crippen molar-refractivity contribution in [1.29, 1.82) is 0 Å². The highest BCUT2D eigenvalue weighted by molar-refractivity contribution is 6.30. The van der Waals surface area contributed by atoms with Crippen molar-refractivity contribution in [3.05, 3.63) is 107 Å². The van der Waals surface area contributed by atoms with Gasteiger partial charge in [0.1, 0.15) is 17.1 Å². The second-order valence-electron chi connectivity index (χ2n) is 8.06. The summed E-state index contributed by atoms with van der Waals surface area (Å²) in [7, 11) is 0. The van der Waals surface area contributed by atoms with Gasteiger partial charge in [0.2, 0.25) is 0 Å². The number of unbranched alkanes of at least 4 members (excludes halogenated alkanes) is 2. The Bertz CT molecular complexity index is 1180. The van der Waals surface area contributed by atoms with Crippen molar-refractivity contribution < 1.29 is 4.74 Å². The normalized spacial score (nSPS) is 12.5. The van der Waals surface area contributed by atoms with Crippen molar-refractivity contribution in [2.24, 2.45) is 0 Å². The van der Waals surface area contributed by atoms with Gasteiger partial charge in [-0.2, -0.15) is 0 Å². The summed E-state index contributed by atoms with van der Waals surface area (Å²) in [5, 5.41) is 0.667. The van der Waals surface area contributed by atoms with E-state index in [0.717, 1.165) is 35.4 Å². The molecule has 7 heteroatoms. The standard InChI is InChI=1S/C27H29ClN4O.ClH/c1-2-3-6-19-33-23-13-9-21(10-14-23)27(32-17-4-5-18-32,20-7-11-22(28)12-8-20)25-16-15-24(29)26(30)31-25;/h4-5,7-18H,2-3,6,19,29H2,1H3,(H2,30,31);1H. The van der Waals surface area contributed by atoms with Crippen molar-refractivity contribution in [3.8, 4) is 5.75 Å². The fourth-order valence-electron chi connectivity index (χ4n) is 4.16. The van der Waals surface area contributed by atoms with Gasteiger partial charge in [0.05, 0.1) is 18.0 Å². The predicted octanol–water partition coefficient (Wildman–Crippen LogP) is 6.53. The lowest BCUT2D eigenvalue weighted by atomic mass is 9.79. The third kappa shape index (κ3) is 5.01. The van der Waals surface area contributed by atoms with Crippen LogP contribution >= 0.6 is 24.0 Å². The highest BCUT2D eigenvalue weighted by atomic mass is 35.5. The van der Waals surface area contributed by atoms with Crippen LogP contribution in [0.1, 0.15) is 43.0 Å². The van der Waals surface area contributed by atoms with E-state index < -0.39 is 5.54 Å². The number of hydrogen-bond donors (Lipinski definition) is 2. The van der Waals surface area contributed by atoms with Gasteiger partial charge in [0.25, 0.3) is 0 Å². The zero-order valence-electron chi connectivity index (χ0n) is 19.2. The maximum Gasteiger partial charge on any atom is 0.147 e. The molecule has 5 nitrogen and oxygen atoms in total. The minimum Gasteiger partial charge on any atom is -0.494 e. The zero-order chi connectivity index (χ0) is 23.3. The smallest absolute Gasteiger partial charge is 0.147 e. The summed E-state index contributed by atoms with van der Waals surface area (Å²) in [6, 6.07) is 23.7. The van der Waals surface area contributed by atoms with E-state index in [9.17, 15) is 0 Å². The molecule has 0 saturated heterocycles. The Balaban J connectivity index is 0.00000324. The summed E-state index contributed by atoms with van der Waals surface area (Å²) in [6.07, 6.45) is 7.43. The van der Waals surface area contributed by atoms with Gasteiger partial charge in [-0.25, -0.2) is 4.98 Å². The molecule has 2 aromatic heterocycles. The molecule has 178 valence electrons. The molecule has 2 aromatic carbocycles. The fourth-order valence-corrected chi connectivity index (χ4v) is 4.29. The molecule has 1 atom stereocenters. The highest BCUT2D eigenvalue weighted by Crippen LogP contribution is 2.41. The van der Waals surface area contributed by atoms with Crippen LogP contribution in [0.2, 0.25) is 5.02 Å². The first-order chi connectivity index (χ1) is 16.1. The molecule has 0 spiro atoms. The third-order valence-electron chi connectivity index (χ3n) is 5.87. The number of benzene rings is 2. The van der Waals surface area contributed by atoms with Gasteiger partial charge in [0, 0.05) is 17.4 Å². The molecule has 0 saturated carbocycles. The lowest BCUT2D eigenvalue weighted by molar-refractivity contribution is 0.306. The van der Waals surface area contributed by atoms with E-state index in [0.29, 0.717) is 23.1 Å². The third-order valence-corrected chi connectivity index (χ3v) is 6.12. The Labute approximate surface area is 212 Å². The van der Waals surface area contributed by atoms with E-state index in [1.54, 1.807) is 6.07 Å². The van der Waals surface area contributed by atoms with Crippen molar-refractivity contribution in [1.82, 2.24) is 9.55 Å². The van der Waals surface area contributed by atoms with Gasteiger partial charge >= 0.3 is 0 Å². The molecule has 0 aliphatic heterocycles. The molecule has 0 bridgehead atoms. The monoisotopic (exact) mass is 496 g/mol. The number of aromatic nitrogens is 2. The minimum atomic E-state index is -0.781. The molecule has 1 unspecified atom stereocenters. The first kappa shape index (κ1) is 25.5. The zero-order valence-corrected chi connectivity index (χ0v) is 20.7. The molecular weight excluding hydrogens is 467 g/mol. The van der Waals surface area contributed by atoms with E-state index in [2.05, 4.69) is 23.6 Å². The Morgan fingerprint density at radius 3 is 2.09 bits per heavy atom. The number of ether oxygens (including phenoxy) is 1. The first-order valence-corrected chi connectivity index (χ1v) is 11.6. The number of nitrogen functional groups attached to an aromatic ring is 2. The van der Waals surface area contributed by atoms with Crippen LogP contribution in [0.3, 0.4) is 0 Å². The molecule has 4 rings (SSSR count). The van der Waals surface area contributed by atoms with Gasteiger partial charge in [-0.15, -0.1) is 12.4 Å². The topological polar surface area (TPSA) is 79.1 Å². The average molecular weight is 497 g/mol. The molecule has 0 amide bonds. The van der Waals surface area contributed by atoms with Gasteiger partial charge in [-0.3, -0.25) is 0 Å². The van der Waals surface area contributed by atoms with E-state index in [4.69, 9.17) is 32.8 Å². The van der Waals surface area contributed by atoms with E-state index in [-0.39, 0.29) is 12.4 Å². The van der Waals surface area contributed by atoms with Crippen LogP contribution < -0.4 is 16.2 Å². The van der Waals surface area contributed by atoms with Crippen LogP contribution in [0.25, 0.3) is 0 Å². The Kier molecular flexibility index (Phi) is 8.48. The summed E-state index contributed by atoms with van der Waals surface area (Å²) < 4.78 is 8.08. The number of halogens is 2. The number of hydrogen-bond acceptors (Lipinski definition) is 4. The van der Waals surface area contributed by atoms with Crippen LogP contribution in [0.5, 0.6) is 5.75 Å². The SMILES string of the molecule is CCCCCOc1ccc(C(c2ccc(Cl)cc2)(c2ccc(N)c(N)n2)n2cccc2)cc1.Cl. The van der Waals surface area contributed by atoms with Crippen molar-refractivity contribution in [2.45, 2.75) is 31.7 Å². The Morgan fingerprint density at radius 2 is 1.50 bits per heavy atom. The molecule has 0 radical (unpaired) electrons. The molecule has 0 aliphatic carbocycles. The molecule has 4 N–H and O–H groups in total. The molecule has 0 fully saturated rings. The lowest BCUT2D eigenvalue weighted by Crippen LogP contribution is -2.38. The fraction of sp³-hybridized carbons (Fsp3) is 0.222.